The van der Waals surface area contributed by atoms with Crippen molar-refractivity contribution < 1.29 is 23.3 Å². The van der Waals surface area contributed by atoms with Crippen molar-refractivity contribution >= 4 is 28.9 Å². The van der Waals surface area contributed by atoms with Gasteiger partial charge in [-0.2, -0.15) is 9.49 Å². The largest absolute Gasteiger partial charge is 0.318 e. The Morgan fingerprint density at radius 3 is 2.62 bits per heavy atom. The molecule has 21 heavy (non-hydrogen) atoms. The molecule has 0 saturated carbocycles. The number of anilines is 1. The molecule has 0 bridgehead atoms. The van der Waals surface area contributed by atoms with E-state index in [1.54, 1.807) is 0 Å². The molecule has 0 spiro atoms. The molecular weight excluding hydrogens is 290 g/mol. The number of benzene rings is 1. The molecule has 0 aliphatic carbocycles. The van der Waals surface area contributed by atoms with Crippen molar-refractivity contribution in [2.45, 2.75) is 12.8 Å². The molecule has 0 atom stereocenters. The fraction of sp³-hybridized carbons (Fsp3) is 0.182. The zero-order valence-electron chi connectivity index (χ0n) is 10.4. The van der Waals surface area contributed by atoms with Crippen molar-refractivity contribution in [3.05, 3.63) is 33.9 Å². The van der Waals surface area contributed by atoms with Crippen LogP contribution in [0.2, 0.25) is 0 Å². The van der Waals surface area contributed by atoms with Crippen LogP contribution in [0.4, 0.5) is 20.2 Å². The molecule has 2 N–H and O–H groups in total. The van der Waals surface area contributed by atoms with Gasteiger partial charge in [-0.05, 0) is 0 Å². The third-order valence-corrected chi connectivity index (χ3v) is 2.65. The van der Waals surface area contributed by atoms with Crippen molar-refractivity contribution in [1.82, 2.24) is 5.43 Å². The first-order valence-corrected chi connectivity index (χ1v) is 5.68. The van der Waals surface area contributed by atoms with E-state index in [0.29, 0.717) is 12.1 Å². The number of hydrogen-bond acceptors (Lipinski definition) is 5. The standard InChI is InChI=1S/C11H8F2N4O4/c12-5-3-6(13)9(17(20)21)4-8(5)14-11(19)7-1-2-10(18)16-15-7/h3-4H,1-2H2,(H,14,19)(H,16,18). The van der Waals surface area contributed by atoms with E-state index < -0.39 is 33.8 Å². The van der Waals surface area contributed by atoms with E-state index in [1.807, 2.05) is 0 Å². The van der Waals surface area contributed by atoms with Crippen molar-refractivity contribution in [3.8, 4) is 0 Å². The minimum atomic E-state index is -1.35. The van der Waals surface area contributed by atoms with Crippen molar-refractivity contribution in [3.63, 3.8) is 0 Å². The maximum absolute atomic E-state index is 13.5. The summed E-state index contributed by atoms with van der Waals surface area (Å²) in [7, 11) is 0. The van der Waals surface area contributed by atoms with Crippen LogP contribution < -0.4 is 10.7 Å². The summed E-state index contributed by atoms with van der Waals surface area (Å²) in [4.78, 5) is 32.2. The number of halogens is 2. The monoisotopic (exact) mass is 298 g/mol. The van der Waals surface area contributed by atoms with Crippen LogP contribution in [0.5, 0.6) is 0 Å². The predicted molar refractivity (Wildman–Crippen MR) is 66.5 cm³/mol. The number of rotatable bonds is 3. The molecule has 0 unspecified atom stereocenters. The molecule has 10 heteroatoms. The van der Waals surface area contributed by atoms with E-state index in [4.69, 9.17) is 0 Å². The van der Waals surface area contributed by atoms with E-state index in [9.17, 15) is 28.5 Å². The number of hydrazone groups is 1. The summed E-state index contributed by atoms with van der Waals surface area (Å²) in [6.07, 6.45) is 0.0842. The summed E-state index contributed by atoms with van der Waals surface area (Å²) < 4.78 is 26.6. The number of nitro benzene ring substituents is 1. The fourth-order valence-electron chi connectivity index (χ4n) is 1.61. The lowest BCUT2D eigenvalue weighted by atomic mass is 10.1. The van der Waals surface area contributed by atoms with E-state index in [2.05, 4.69) is 15.8 Å². The minimum Gasteiger partial charge on any atom is -0.318 e. The second kappa shape index (κ2) is 5.61. The summed E-state index contributed by atoms with van der Waals surface area (Å²) in [6.45, 7) is 0. The first-order chi connectivity index (χ1) is 9.88. The van der Waals surface area contributed by atoms with Gasteiger partial charge >= 0.3 is 5.69 Å². The maximum atomic E-state index is 13.5. The molecule has 1 aliphatic heterocycles. The maximum Gasteiger partial charge on any atom is 0.307 e. The SMILES string of the molecule is O=C1CCC(C(=O)Nc2cc([N+](=O)[O-])c(F)cc2F)=NN1. The number of nitrogens with one attached hydrogen (secondary N) is 2. The molecule has 0 radical (unpaired) electrons. The number of amides is 2. The highest BCUT2D eigenvalue weighted by molar-refractivity contribution is 6.43. The summed E-state index contributed by atoms with van der Waals surface area (Å²) >= 11 is 0. The Balaban J connectivity index is 2.23. The Morgan fingerprint density at radius 2 is 2.05 bits per heavy atom. The average molecular weight is 298 g/mol. The third-order valence-electron chi connectivity index (χ3n) is 2.65. The Kier molecular flexibility index (Phi) is 3.87. The van der Waals surface area contributed by atoms with Crippen LogP contribution in [0.25, 0.3) is 0 Å². The molecule has 1 aromatic rings. The number of nitro groups is 1. The summed E-state index contributed by atoms with van der Waals surface area (Å²) in [5, 5.41) is 16.1. The van der Waals surface area contributed by atoms with E-state index in [0.717, 1.165) is 0 Å². The van der Waals surface area contributed by atoms with Gasteiger partial charge in [0, 0.05) is 25.0 Å². The van der Waals surface area contributed by atoms with E-state index in [1.165, 1.54) is 0 Å². The molecule has 0 aromatic heterocycles. The third kappa shape index (κ3) is 3.16. The van der Waals surface area contributed by atoms with Crippen LogP contribution in [0.3, 0.4) is 0 Å². The highest BCUT2D eigenvalue weighted by Crippen LogP contribution is 2.25. The average Bonchev–Trinajstić information content (AvgIpc) is 2.42. The summed E-state index contributed by atoms with van der Waals surface area (Å²) in [6, 6.07) is 0.878. The topological polar surface area (TPSA) is 114 Å². The van der Waals surface area contributed by atoms with Crippen LogP contribution in [-0.2, 0) is 9.59 Å². The normalized spacial score (nSPS) is 14.2. The Morgan fingerprint density at radius 1 is 1.33 bits per heavy atom. The zero-order chi connectivity index (χ0) is 15.6. The van der Waals surface area contributed by atoms with E-state index in [-0.39, 0.29) is 24.5 Å². The second-order valence-electron chi connectivity index (χ2n) is 4.09. The van der Waals surface area contributed by atoms with Gasteiger partial charge in [0.15, 0.2) is 0 Å². The first-order valence-electron chi connectivity index (χ1n) is 5.68. The fourth-order valence-corrected chi connectivity index (χ4v) is 1.61. The van der Waals surface area contributed by atoms with Gasteiger partial charge < -0.3 is 5.32 Å². The summed E-state index contributed by atoms with van der Waals surface area (Å²) in [5.74, 6) is -3.71. The number of hydrogen-bond donors (Lipinski definition) is 2. The molecule has 2 rings (SSSR count). The van der Waals surface area contributed by atoms with Crippen molar-refractivity contribution in [2.24, 2.45) is 5.10 Å². The molecule has 1 aromatic carbocycles. The van der Waals surface area contributed by atoms with Crippen molar-refractivity contribution in [1.29, 1.82) is 0 Å². The van der Waals surface area contributed by atoms with Gasteiger partial charge in [0.2, 0.25) is 11.7 Å². The molecule has 8 nitrogen and oxygen atoms in total. The molecule has 1 aliphatic rings. The molecule has 2 amide bonds. The molecular formula is C11H8F2N4O4. The van der Waals surface area contributed by atoms with Crippen LogP contribution in [0.1, 0.15) is 12.8 Å². The number of carbonyl (C=O) groups excluding carboxylic acids is 2. The smallest absolute Gasteiger partial charge is 0.307 e. The summed E-state index contributed by atoms with van der Waals surface area (Å²) in [5.41, 5.74) is 0.494. The lowest BCUT2D eigenvalue weighted by Crippen LogP contribution is -2.33. The quantitative estimate of drug-likeness (QED) is 0.641. The Labute approximate surface area is 116 Å². The lowest BCUT2D eigenvalue weighted by molar-refractivity contribution is -0.387. The van der Waals surface area contributed by atoms with Crippen LogP contribution in [-0.4, -0.2) is 22.4 Å². The van der Waals surface area contributed by atoms with Crippen LogP contribution >= 0.6 is 0 Å². The molecule has 1 heterocycles. The van der Waals surface area contributed by atoms with Gasteiger partial charge in [-0.25, -0.2) is 9.82 Å². The van der Waals surface area contributed by atoms with Gasteiger partial charge in [-0.15, -0.1) is 0 Å². The number of carbonyl (C=O) groups is 2. The van der Waals surface area contributed by atoms with Crippen molar-refractivity contribution in [2.75, 3.05) is 5.32 Å². The predicted octanol–water partition coefficient (Wildman–Crippen LogP) is 1.08. The van der Waals surface area contributed by atoms with E-state index >= 15 is 0 Å². The minimum absolute atomic E-state index is 0.0400. The zero-order valence-corrected chi connectivity index (χ0v) is 10.4. The first kappa shape index (κ1) is 14.5. The Bertz CT molecular complexity index is 674. The molecule has 0 fully saturated rings. The van der Waals surface area contributed by atoms with Gasteiger partial charge in [0.05, 0.1) is 10.6 Å². The lowest BCUT2D eigenvalue weighted by Gasteiger charge is -2.12. The van der Waals surface area contributed by atoms with Gasteiger partial charge in [0.1, 0.15) is 11.5 Å². The number of nitrogens with zero attached hydrogens (tertiary/aromatic N) is 2. The van der Waals surface area contributed by atoms with Gasteiger partial charge in [0.25, 0.3) is 5.91 Å². The molecule has 0 saturated heterocycles. The van der Waals surface area contributed by atoms with Gasteiger partial charge in [-0.1, -0.05) is 0 Å². The van der Waals surface area contributed by atoms with Crippen LogP contribution in [0, 0.1) is 21.7 Å². The highest BCUT2D eigenvalue weighted by atomic mass is 19.1. The van der Waals surface area contributed by atoms with Gasteiger partial charge in [-0.3, -0.25) is 19.7 Å². The molecule has 110 valence electrons. The van der Waals surface area contributed by atoms with Crippen LogP contribution in [0.15, 0.2) is 17.2 Å². The highest BCUT2D eigenvalue weighted by Gasteiger charge is 2.23. The second-order valence-corrected chi connectivity index (χ2v) is 4.09. The Hall–Kier alpha value is -2.91.